The smallest absolute Gasteiger partial charge is 0.239 e. The molecule has 2 rings (SSSR count). The van der Waals surface area contributed by atoms with Crippen LogP contribution in [-0.4, -0.2) is 16.1 Å². The Labute approximate surface area is 110 Å². The maximum absolute atomic E-state index is 5.81. The lowest BCUT2D eigenvalue weighted by atomic mass is 10.4. The highest BCUT2D eigenvalue weighted by molar-refractivity contribution is 7.09. The molecule has 18 heavy (non-hydrogen) atoms. The highest BCUT2D eigenvalue weighted by Gasteiger charge is 2.06. The number of ether oxygens (including phenoxy) is 1. The summed E-state index contributed by atoms with van der Waals surface area (Å²) in [7, 11) is 0. The molecule has 0 unspecified atom stereocenters. The van der Waals surface area contributed by atoms with Crippen LogP contribution in [0.2, 0.25) is 0 Å². The largest absolute Gasteiger partial charge is 0.473 e. The molecule has 2 aromatic rings. The standard InChI is InChI=1S/C12H16N4OS/c1-8(2)17-12-10(13)3-4-11(16-12)15-6-9-5-14-7-18-9/h3-5,7-8H,6,13H2,1-2H3,(H,15,16). The van der Waals surface area contributed by atoms with Crippen LogP contribution in [-0.2, 0) is 6.54 Å². The zero-order valence-corrected chi connectivity index (χ0v) is 11.2. The first-order valence-electron chi connectivity index (χ1n) is 5.69. The Morgan fingerprint density at radius 1 is 1.44 bits per heavy atom. The normalized spacial score (nSPS) is 10.6. The van der Waals surface area contributed by atoms with Gasteiger partial charge >= 0.3 is 0 Å². The third kappa shape index (κ3) is 3.33. The molecule has 0 fully saturated rings. The van der Waals surface area contributed by atoms with Gasteiger partial charge < -0.3 is 15.8 Å². The summed E-state index contributed by atoms with van der Waals surface area (Å²) in [6.45, 7) is 4.58. The molecule has 96 valence electrons. The van der Waals surface area contributed by atoms with E-state index in [1.807, 2.05) is 26.1 Å². The lowest BCUT2D eigenvalue weighted by Crippen LogP contribution is -2.10. The van der Waals surface area contributed by atoms with Crippen molar-refractivity contribution in [2.45, 2.75) is 26.5 Å². The Balaban J connectivity index is 2.04. The summed E-state index contributed by atoms with van der Waals surface area (Å²) in [6.07, 6.45) is 1.89. The second kappa shape index (κ2) is 5.68. The van der Waals surface area contributed by atoms with Crippen LogP contribution in [0.1, 0.15) is 18.7 Å². The molecule has 2 heterocycles. The average Bonchev–Trinajstić information content (AvgIpc) is 2.82. The first-order valence-corrected chi connectivity index (χ1v) is 6.57. The van der Waals surface area contributed by atoms with E-state index >= 15 is 0 Å². The van der Waals surface area contributed by atoms with E-state index in [9.17, 15) is 0 Å². The maximum atomic E-state index is 5.81. The van der Waals surface area contributed by atoms with Crippen LogP contribution in [0.5, 0.6) is 5.88 Å². The molecule has 0 amide bonds. The van der Waals surface area contributed by atoms with Crippen molar-refractivity contribution in [2.24, 2.45) is 0 Å². The molecule has 0 aliphatic carbocycles. The minimum absolute atomic E-state index is 0.0524. The van der Waals surface area contributed by atoms with Gasteiger partial charge in [-0.25, -0.2) is 0 Å². The van der Waals surface area contributed by atoms with Crippen LogP contribution in [0.25, 0.3) is 0 Å². The Kier molecular flexibility index (Phi) is 3.99. The van der Waals surface area contributed by atoms with Crippen LogP contribution in [0, 0.1) is 0 Å². The zero-order valence-electron chi connectivity index (χ0n) is 10.4. The highest BCUT2D eigenvalue weighted by atomic mass is 32.1. The maximum Gasteiger partial charge on any atom is 0.239 e. The first-order chi connectivity index (χ1) is 8.65. The van der Waals surface area contributed by atoms with E-state index in [4.69, 9.17) is 10.5 Å². The second-order valence-corrected chi connectivity index (χ2v) is 5.05. The third-order valence-electron chi connectivity index (χ3n) is 2.16. The summed E-state index contributed by atoms with van der Waals surface area (Å²) in [6, 6.07) is 3.63. The van der Waals surface area contributed by atoms with E-state index in [2.05, 4.69) is 15.3 Å². The van der Waals surface area contributed by atoms with Gasteiger partial charge in [-0.15, -0.1) is 11.3 Å². The molecule has 0 aliphatic heterocycles. The van der Waals surface area contributed by atoms with E-state index in [1.165, 1.54) is 0 Å². The zero-order chi connectivity index (χ0) is 13.0. The fraction of sp³-hybridized carbons (Fsp3) is 0.333. The van der Waals surface area contributed by atoms with Gasteiger partial charge in [-0.1, -0.05) is 0 Å². The summed E-state index contributed by atoms with van der Waals surface area (Å²) in [5.74, 6) is 1.22. The van der Waals surface area contributed by atoms with Crippen molar-refractivity contribution < 1.29 is 4.74 Å². The van der Waals surface area contributed by atoms with E-state index in [0.29, 0.717) is 18.1 Å². The number of nitrogens with two attached hydrogens (primary N) is 1. The third-order valence-corrected chi connectivity index (χ3v) is 2.94. The monoisotopic (exact) mass is 264 g/mol. The van der Waals surface area contributed by atoms with E-state index in [0.717, 1.165) is 10.7 Å². The Morgan fingerprint density at radius 3 is 2.94 bits per heavy atom. The number of hydrogen-bond donors (Lipinski definition) is 2. The summed E-state index contributed by atoms with van der Waals surface area (Å²) in [5.41, 5.74) is 8.16. The van der Waals surface area contributed by atoms with Crippen molar-refractivity contribution in [3.63, 3.8) is 0 Å². The number of nitrogen functional groups attached to an aromatic ring is 1. The van der Waals surface area contributed by atoms with Crippen molar-refractivity contribution in [1.82, 2.24) is 9.97 Å². The molecule has 0 radical (unpaired) electrons. The van der Waals surface area contributed by atoms with E-state index in [1.54, 1.807) is 22.9 Å². The molecule has 0 aromatic carbocycles. The second-order valence-electron chi connectivity index (χ2n) is 4.08. The van der Waals surface area contributed by atoms with Crippen molar-refractivity contribution in [3.05, 3.63) is 28.7 Å². The highest BCUT2D eigenvalue weighted by Crippen LogP contribution is 2.22. The molecule has 5 nitrogen and oxygen atoms in total. The lowest BCUT2D eigenvalue weighted by Gasteiger charge is -2.12. The molecule has 0 saturated carbocycles. The number of hydrogen-bond acceptors (Lipinski definition) is 6. The predicted octanol–water partition coefficient (Wildman–Crippen LogP) is 2.52. The van der Waals surface area contributed by atoms with Crippen molar-refractivity contribution in [2.75, 3.05) is 11.1 Å². The van der Waals surface area contributed by atoms with Crippen LogP contribution in [0.15, 0.2) is 23.8 Å². The lowest BCUT2D eigenvalue weighted by molar-refractivity contribution is 0.234. The molecule has 0 saturated heterocycles. The molecule has 2 aromatic heterocycles. The minimum Gasteiger partial charge on any atom is -0.473 e. The number of anilines is 2. The molecule has 0 bridgehead atoms. The van der Waals surface area contributed by atoms with Crippen molar-refractivity contribution >= 4 is 22.8 Å². The molecule has 6 heteroatoms. The van der Waals surface area contributed by atoms with Crippen LogP contribution in [0.4, 0.5) is 11.5 Å². The topological polar surface area (TPSA) is 73.1 Å². The van der Waals surface area contributed by atoms with Gasteiger partial charge in [-0.2, -0.15) is 4.98 Å². The van der Waals surface area contributed by atoms with Gasteiger partial charge in [-0.05, 0) is 26.0 Å². The quantitative estimate of drug-likeness (QED) is 0.868. The summed E-state index contributed by atoms with van der Waals surface area (Å²) < 4.78 is 5.54. The SMILES string of the molecule is CC(C)Oc1nc(NCc2cncs2)ccc1N. The molecular formula is C12H16N4OS. The number of rotatable bonds is 5. The van der Waals surface area contributed by atoms with Crippen LogP contribution in [0.3, 0.4) is 0 Å². The van der Waals surface area contributed by atoms with Gasteiger partial charge in [0.2, 0.25) is 5.88 Å². The molecule has 3 N–H and O–H groups in total. The van der Waals surface area contributed by atoms with Gasteiger partial charge in [0.05, 0.1) is 23.8 Å². The Bertz CT molecular complexity index is 499. The molecule has 0 spiro atoms. The predicted molar refractivity (Wildman–Crippen MR) is 73.9 cm³/mol. The molecule has 0 aliphatic rings. The van der Waals surface area contributed by atoms with Gasteiger partial charge in [0.15, 0.2) is 0 Å². The first kappa shape index (κ1) is 12.6. The molecular weight excluding hydrogens is 248 g/mol. The van der Waals surface area contributed by atoms with Crippen molar-refractivity contribution in [3.8, 4) is 5.88 Å². The number of nitrogens with zero attached hydrogens (tertiary/aromatic N) is 2. The minimum atomic E-state index is 0.0524. The number of aromatic nitrogens is 2. The fourth-order valence-corrected chi connectivity index (χ4v) is 1.91. The van der Waals surface area contributed by atoms with Gasteiger partial charge in [0.1, 0.15) is 5.82 Å². The van der Waals surface area contributed by atoms with Crippen LogP contribution < -0.4 is 15.8 Å². The summed E-state index contributed by atoms with van der Waals surface area (Å²) in [4.78, 5) is 9.51. The number of nitrogens with one attached hydrogen (secondary N) is 1. The van der Waals surface area contributed by atoms with E-state index < -0.39 is 0 Å². The van der Waals surface area contributed by atoms with Gasteiger partial charge in [0.25, 0.3) is 0 Å². The van der Waals surface area contributed by atoms with Crippen LogP contribution >= 0.6 is 11.3 Å². The number of pyridine rings is 1. The van der Waals surface area contributed by atoms with Crippen molar-refractivity contribution in [1.29, 1.82) is 0 Å². The summed E-state index contributed by atoms with van der Waals surface area (Å²) >= 11 is 1.60. The average molecular weight is 264 g/mol. The van der Waals surface area contributed by atoms with Gasteiger partial charge in [-0.3, -0.25) is 4.98 Å². The number of thiazole rings is 1. The molecule has 0 atom stereocenters. The Morgan fingerprint density at radius 2 is 2.28 bits per heavy atom. The van der Waals surface area contributed by atoms with E-state index in [-0.39, 0.29) is 6.10 Å². The van der Waals surface area contributed by atoms with Gasteiger partial charge in [0, 0.05) is 11.1 Å². The fourth-order valence-electron chi connectivity index (χ4n) is 1.37. The Hall–Kier alpha value is -1.82. The summed E-state index contributed by atoms with van der Waals surface area (Å²) in [5, 5.41) is 3.21.